The van der Waals surface area contributed by atoms with Gasteiger partial charge in [0.15, 0.2) is 0 Å². The van der Waals surface area contributed by atoms with Gasteiger partial charge in [0.05, 0.1) is 12.2 Å². The number of carbonyl (C=O) groups is 3. The highest BCUT2D eigenvalue weighted by Gasteiger charge is 2.32. The molecule has 2 unspecified atom stereocenters. The number of benzene rings is 1. The van der Waals surface area contributed by atoms with Gasteiger partial charge in [-0.2, -0.15) is 0 Å². The zero-order chi connectivity index (χ0) is 24.9. The molecule has 2 aliphatic carbocycles. The van der Waals surface area contributed by atoms with Crippen LogP contribution in [-0.2, 0) is 31.9 Å². The van der Waals surface area contributed by atoms with Crippen LogP contribution in [0, 0.1) is 5.92 Å². The fraction of sp³-hybridized carbons (Fsp3) is 0.393. The Kier molecular flexibility index (Phi) is 7.86. The number of anilines is 1. The number of hydrogen-bond donors (Lipinski definition) is 1. The summed E-state index contributed by atoms with van der Waals surface area (Å²) in [5.74, 6) is -0.926. The van der Waals surface area contributed by atoms with E-state index in [0.717, 1.165) is 36.1 Å². The average Bonchev–Trinajstić information content (AvgIpc) is 3.20. The lowest BCUT2D eigenvalue weighted by Gasteiger charge is -2.20. The molecule has 1 N–H and O–H groups in total. The lowest BCUT2D eigenvalue weighted by Crippen LogP contribution is -2.27. The van der Waals surface area contributed by atoms with Crippen molar-refractivity contribution in [1.82, 2.24) is 0 Å². The average molecular weight is 494 g/mol. The molecule has 2 aromatic rings. The van der Waals surface area contributed by atoms with Crippen LogP contribution in [0.1, 0.15) is 72.5 Å². The molecule has 0 bridgehead atoms. The molecular formula is C28H31NO5S. The highest BCUT2D eigenvalue weighted by Crippen LogP contribution is 2.40. The van der Waals surface area contributed by atoms with E-state index in [1.807, 2.05) is 19.1 Å². The first-order chi connectivity index (χ1) is 16.9. The van der Waals surface area contributed by atoms with Crippen LogP contribution in [0.5, 0.6) is 0 Å². The smallest absolute Gasteiger partial charge is 0.341 e. The molecule has 0 saturated carbocycles. The Bertz CT molecular complexity index is 1180. The lowest BCUT2D eigenvalue weighted by atomic mass is 9.88. The number of thiophene rings is 1. The van der Waals surface area contributed by atoms with Gasteiger partial charge < -0.3 is 14.8 Å². The summed E-state index contributed by atoms with van der Waals surface area (Å²) in [7, 11) is 0. The second-order valence-electron chi connectivity index (χ2n) is 9.17. The van der Waals surface area contributed by atoms with Crippen molar-refractivity contribution in [3.63, 3.8) is 0 Å². The molecule has 0 spiro atoms. The first-order valence-electron chi connectivity index (χ1n) is 12.1. The Morgan fingerprint density at radius 1 is 1.09 bits per heavy atom. The molecule has 4 rings (SSSR count). The summed E-state index contributed by atoms with van der Waals surface area (Å²) in [6.45, 7) is 6.22. The number of allylic oxidation sites excluding steroid dienone is 3. The minimum atomic E-state index is -1.15. The summed E-state index contributed by atoms with van der Waals surface area (Å²) in [6.07, 6.45) is 6.49. The van der Waals surface area contributed by atoms with Gasteiger partial charge in [-0.3, -0.25) is 4.79 Å². The van der Waals surface area contributed by atoms with Gasteiger partial charge >= 0.3 is 11.9 Å². The monoisotopic (exact) mass is 493 g/mol. The predicted molar refractivity (Wildman–Crippen MR) is 136 cm³/mol. The van der Waals surface area contributed by atoms with Crippen LogP contribution in [0.15, 0.2) is 53.6 Å². The molecule has 1 amide bonds. The minimum Gasteiger partial charge on any atom is -0.462 e. The van der Waals surface area contributed by atoms with Gasteiger partial charge in [0.2, 0.25) is 6.10 Å². The van der Waals surface area contributed by atoms with E-state index in [9.17, 15) is 14.4 Å². The summed E-state index contributed by atoms with van der Waals surface area (Å²) in [5.41, 5.74) is 3.69. The maximum Gasteiger partial charge on any atom is 0.341 e. The van der Waals surface area contributed by atoms with Crippen LogP contribution in [-0.4, -0.2) is 24.5 Å². The van der Waals surface area contributed by atoms with Gasteiger partial charge in [-0.15, -0.1) is 11.3 Å². The second-order valence-corrected chi connectivity index (χ2v) is 10.3. The molecule has 0 aliphatic heterocycles. The van der Waals surface area contributed by atoms with Crippen molar-refractivity contribution in [1.29, 1.82) is 0 Å². The Morgan fingerprint density at radius 3 is 2.54 bits per heavy atom. The van der Waals surface area contributed by atoms with Crippen LogP contribution in [0.3, 0.4) is 0 Å². The standard InChI is InChI=1S/C28H31NO5S/c1-4-33-28(32)23-21-15-12-18(3)16-22(21)35-26(23)29-25(30)24(19-8-6-5-7-9-19)34-27(31)20-13-10-17(2)11-14-20/h5-10,13,18,24H,4,11-12,14-16H2,1-3H3,(H,29,30). The number of rotatable bonds is 7. The van der Waals surface area contributed by atoms with E-state index in [2.05, 4.69) is 12.2 Å². The fourth-order valence-corrected chi connectivity index (χ4v) is 5.83. The number of esters is 2. The van der Waals surface area contributed by atoms with E-state index in [1.54, 1.807) is 37.3 Å². The highest BCUT2D eigenvalue weighted by atomic mass is 32.1. The first kappa shape index (κ1) is 24.9. The Hall–Kier alpha value is -3.19. The number of ether oxygens (including phenoxy) is 2. The molecule has 1 aromatic heterocycles. The SMILES string of the molecule is CCOC(=O)c1c(NC(=O)C(OC(=O)C2=CC=C(C)CC2)c2ccccc2)sc2c1CCC(C)C2. The zero-order valence-electron chi connectivity index (χ0n) is 20.4. The molecule has 6 nitrogen and oxygen atoms in total. The summed E-state index contributed by atoms with van der Waals surface area (Å²) in [6, 6.07) is 8.94. The zero-order valence-corrected chi connectivity index (χ0v) is 21.2. The largest absolute Gasteiger partial charge is 0.462 e. The van der Waals surface area contributed by atoms with Crippen LogP contribution in [0.4, 0.5) is 5.00 Å². The third kappa shape index (κ3) is 5.73. The molecule has 2 atom stereocenters. The third-order valence-electron chi connectivity index (χ3n) is 6.41. The molecule has 1 aromatic carbocycles. The molecule has 0 saturated heterocycles. The fourth-order valence-electron chi connectivity index (χ4n) is 4.43. The molecule has 35 heavy (non-hydrogen) atoms. The van der Waals surface area contributed by atoms with Crippen molar-refractivity contribution in [2.75, 3.05) is 11.9 Å². The van der Waals surface area contributed by atoms with Crippen molar-refractivity contribution in [2.24, 2.45) is 5.92 Å². The van der Waals surface area contributed by atoms with Crippen molar-refractivity contribution in [2.45, 2.75) is 59.0 Å². The minimum absolute atomic E-state index is 0.251. The van der Waals surface area contributed by atoms with Gasteiger partial charge in [0.1, 0.15) is 5.00 Å². The Balaban J connectivity index is 1.63. The van der Waals surface area contributed by atoms with Crippen molar-refractivity contribution in [3.8, 4) is 0 Å². The lowest BCUT2D eigenvalue weighted by molar-refractivity contribution is -0.151. The van der Waals surface area contributed by atoms with E-state index >= 15 is 0 Å². The molecule has 0 fully saturated rings. The van der Waals surface area contributed by atoms with E-state index in [-0.39, 0.29) is 6.61 Å². The highest BCUT2D eigenvalue weighted by molar-refractivity contribution is 7.17. The molecular weight excluding hydrogens is 462 g/mol. The van der Waals surface area contributed by atoms with Gasteiger partial charge in [-0.05, 0) is 57.4 Å². The molecule has 7 heteroatoms. The predicted octanol–water partition coefficient (Wildman–Crippen LogP) is 5.94. The van der Waals surface area contributed by atoms with E-state index in [1.165, 1.54) is 16.9 Å². The van der Waals surface area contributed by atoms with Crippen molar-refractivity contribution < 1.29 is 23.9 Å². The summed E-state index contributed by atoms with van der Waals surface area (Å²) in [5, 5.41) is 3.36. The van der Waals surface area contributed by atoms with Gasteiger partial charge in [-0.1, -0.05) is 55.0 Å². The quantitative estimate of drug-likeness (QED) is 0.483. The first-order valence-corrected chi connectivity index (χ1v) is 12.9. The number of amides is 1. The van der Waals surface area contributed by atoms with E-state index in [4.69, 9.17) is 9.47 Å². The van der Waals surface area contributed by atoms with Crippen LogP contribution in [0.2, 0.25) is 0 Å². The third-order valence-corrected chi connectivity index (χ3v) is 7.58. The summed E-state index contributed by atoms with van der Waals surface area (Å²) in [4.78, 5) is 40.4. The number of hydrogen-bond acceptors (Lipinski definition) is 6. The summed E-state index contributed by atoms with van der Waals surface area (Å²) < 4.78 is 11.1. The van der Waals surface area contributed by atoms with Gasteiger partial charge in [0.25, 0.3) is 5.91 Å². The van der Waals surface area contributed by atoms with Crippen LogP contribution >= 0.6 is 11.3 Å². The molecule has 184 valence electrons. The van der Waals surface area contributed by atoms with E-state index < -0.39 is 23.9 Å². The second kappa shape index (κ2) is 11.0. The summed E-state index contributed by atoms with van der Waals surface area (Å²) >= 11 is 1.42. The van der Waals surface area contributed by atoms with E-state index in [0.29, 0.717) is 34.0 Å². The number of carbonyl (C=O) groups excluding carboxylic acids is 3. The topological polar surface area (TPSA) is 81.7 Å². The Morgan fingerprint density at radius 2 is 1.86 bits per heavy atom. The van der Waals surface area contributed by atoms with Crippen molar-refractivity contribution >= 4 is 34.2 Å². The molecule has 1 heterocycles. The number of fused-ring (bicyclic) bond motifs is 1. The normalized spacial score (nSPS) is 18.0. The number of nitrogens with one attached hydrogen (secondary N) is 1. The van der Waals surface area contributed by atoms with Gasteiger partial charge in [-0.25, -0.2) is 9.59 Å². The maximum atomic E-state index is 13.5. The van der Waals surface area contributed by atoms with Crippen LogP contribution < -0.4 is 5.32 Å². The van der Waals surface area contributed by atoms with Gasteiger partial charge in [0, 0.05) is 16.0 Å². The maximum absolute atomic E-state index is 13.5. The van der Waals surface area contributed by atoms with Crippen molar-refractivity contribution in [3.05, 3.63) is 75.2 Å². The van der Waals surface area contributed by atoms with Crippen LogP contribution in [0.25, 0.3) is 0 Å². The molecule has 2 aliphatic rings. The Labute approximate surface area is 210 Å². The molecule has 0 radical (unpaired) electrons.